The van der Waals surface area contributed by atoms with Gasteiger partial charge in [-0.2, -0.15) is 0 Å². The molecule has 0 aliphatic rings. The Hall–Kier alpha value is -1.96. The lowest BCUT2D eigenvalue weighted by molar-refractivity contribution is 0.340. The van der Waals surface area contributed by atoms with Gasteiger partial charge in [-0.1, -0.05) is 24.3 Å². The van der Waals surface area contributed by atoms with Crippen LogP contribution in [0, 0.1) is 0 Å². The molecular weight excluding hydrogens is 224 g/mol. The highest BCUT2D eigenvalue weighted by atomic mass is 16.5. The predicted molar refractivity (Wildman–Crippen MR) is 73.1 cm³/mol. The van der Waals surface area contributed by atoms with E-state index < -0.39 is 0 Å². The average molecular weight is 242 g/mol. The quantitative estimate of drug-likeness (QED) is 0.868. The van der Waals surface area contributed by atoms with Gasteiger partial charge in [-0.25, -0.2) is 0 Å². The van der Waals surface area contributed by atoms with Crippen LogP contribution in [0.5, 0.6) is 11.5 Å². The molecule has 2 rings (SSSR count). The molecule has 1 N–H and O–H groups in total. The van der Waals surface area contributed by atoms with E-state index in [2.05, 4.69) is 12.1 Å². The van der Waals surface area contributed by atoms with Gasteiger partial charge >= 0.3 is 0 Å². The summed E-state index contributed by atoms with van der Waals surface area (Å²) >= 11 is 0. The number of benzene rings is 2. The summed E-state index contributed by atoms with van der Waals surface area (Å²) in [4.78, 5) is 0. The molecule has 0 unspecified atom stereocenters. The molecule has 0 saturated heterocycles. The molecule has 0 saturated carbocycles. The number of hydrogen-bond acceptors (Lipinski definition) is 2. The van der Waals surface area contributed by atoms with Gasteiger partial charge in [-0.05, 0) is 55.2 Å². The van der Waals surface area contributed by atoms with E-state index >= 15 is 0 Å². The van der Waals surface area contributed by atoms with Crippen molar-refractivity contribution < 1.29 is 9.84 Å². The molecule has 0 spiro atoms. The van der Waals surface area contributed by atoms with E-state index in [4.69, 9.17) is 4.74 Å². The summed E-state index contributed by atoms with van der Waals surface area (Å²) in [5, 5.41) is 9.22. The number of hydrogen-bond donors (Lipinski definition) is 1. The number of phenolic OH excluding ortho intramolecular Hbond substituents is 1. The van der Waals surface area contributed by atoms with E-state index in [1.165, 1.54) is 11.1 Å². The summed E-state index contributed by atoms with van der Waals surface area (Å²) in [6.07, 6.45) is 1.95. The van der Waals surface area contributed by atoms with Gasteiger partial charge in [0, 0.05) is 0 Å². The molecule has 18 heavy (non-hydrogen) atoms. The minimum absolute atomic E-state index is 0.317. The van der Waals surface area contributed by atoms with Crippen molar-refractivity contribution in [2.45, 2.75) is 19.8 Å². The highest BCUT2D eigenvalue weighted by molar-refractivity contribution is 5.30. The average Bonchev–Trinajstić information content (AvgIpc) is 2.39. The molecule has 0 aliphatic heterocycles. The van der Waals surface area contributed by atoms with Crippen LogP contribution in [0.2, 0.25) is 0 Å². The normalized spacial score (nSPS) is 10.3. The van der Waals surface area contributed by atoms with Crippen LogP contribution in [0.15, 0.2) is 48.5 Å². The van der Waals surface area contributed by atoms with Crippen molar-refractivity contribution in [3.05, 3.63) is 59.7 Å². The van der Waals surface area contributed by atoms with Crippen LogP contribution in [-0.4, -0.2) is 11.7 Å². The van der Waals surface area contributed by atoms with Crippen molar-refractivity contribution in [3.63, 3.8) is 0 Å². The van der Waals surface area contributed by atoms with Crippen molar-refractivity contribution in [2.75, 3.05) is 6.61 Å². The van der Waals surface area contributed by atoms with Crippen molar-refractivity contribution >= 4 is 0 Å². The van der Waals surface area contributed by atoms with Gasteiger partial charge in [0.05, 0.1) is 6.61 Å². The predicted octanol–water partition coefficient (Wildman–Crippen LogP) is 3.58. The Bertz CT molecular complexity index is 489. The van der Waals surface area contributed by atoms with Gasteiger partial charge in [0.15, 0.2) is 0 Å². The van der Waals surface area contributed by atoms with Crippen LogP contribution in [0.4, 0.5) is 0 Å². The van der Waals surface area contributed by atoms with E-state index in [9.17, 15) is 5.11 Å². The molecule has 2 nitrogen and oxygen atoms in total. The third-order valence-electron chi connectivity index (χ3n) is 2.85. The molecule has 0 bridgehead atoms. The fourth-order valence-electron chi connectivity index (χ4n) is 1.91. The first-order valence-electron chi connectivity index (χ1n) is 6.27. The molecule has 0 radical (unpaired) electrons. The topological polar surface area (TPSA) is 29.5 Å². The number of ether oxygens (including phenoxy) is 1. The van der Waals surface area contributed by atoms with Crippen LogP contribution < -0.4 is 4.74 Å². The number of rotatable bonds is 5. The first kappa shape index (κ1) is 12.5. The standard InChI is InChI=1S/C16H18O2/c1-2-18-16-5-3-4-14(12-16)7-6-13-8-10-15(17)11-9-13/h3-5,8-12,17H,2,6-7H2,1H3. The lowest BCUT2D eigenvalue weighted by Gasteiger charge is -2.06. The molecule has 2 aromatic carbocycles. The fourth-order valence-corrected chi connectivity index (χ4v) is 1.91. The number of phenols is 1. The van der Waals surface area contributed by atoms with Gasteiger partial charge in [0.2, 0.25) is 0 Å². The second kappa shape index (κ2) is 6.10. The first-order valence-corrected chi connectivity index (χ1v) is 6.27. The number of aryl methyl sites for hydroxylation is 2. The smallest absolute Gasteiger partial charge is 0.119 e. The van der Waals surface area contributed by atoms with E-state index in [1.54, 1.807) is 12.1 Å². The van der Waals surface area contributed by atoms with Gasteiger partial charge in [-0.15, -0.1) is 0 Å². The van der Waals surface area contributed by atoms with Crippen LogP contribution >= 0.6 is 0 Å². The molecule has 0 atom stereocenters. The summed E-state index contributed by atoms with van der Waals surface area (Å²) in [6, 6.07) is 15.6. The van der Waals surface area contributed by atoms with E-state index in [-0.39, 0.29) is 0 Å². The molecule has 0 aliphatic carbocycles. The Kier molecular flexibility index (Phi) is 4.24. The maximum atomic E-state index is 9.22. The Morgan fingerprint density at radius 1 is 0.944 bits per heavy atom. The van der Waals surface area contributed by atoms with Gasteiger partial charge in [-0.3, -0.25) is 0 Å². The van der Waals surface area contributed by atoms with Crippen molar-refractivity contribution in [2.24, 2.45) is 0 Å². The van der Waals surface area contributed by atoms with Crippen molar-refractivity contribution in [1.82, 2.24) is 0 Å². The molecule has 0 heterocycles. The maximum absolute atomic E-state index is 9.22. The summed E-state index contributed by atoms with van der Waals surface area (Å²) in [5.74, 6) is 1.25. The fraction of sp³-hybridized carbons (Fsp3) is 0.250. The first-order chi connectivity index (χ1) is 8.78. The number of aromatic hydroxyl groups is 1. The lowest BCUT2D eigenvalue weighted by Crippen LogP contribution is -1.94. The zero-order valence-corrected chi connectivity index (χ0v) is 10.6. The minimum atomic E-state index is 0.317. The van der Waals surface area contributed by atoms with Crippen LogP contribution in [0.25, 0.3) is 0 Å². The molecule has 0 fully saturated rings. The zero-order chi connectivity index (χ0) is 12.8. The third kappa shape index (κ3) is 3.52. The van der Waals surface area contributed by atoms with Crippen molar-refractivity contribution in [1.29, 1.82) is 0 Å². The maximum Gasteiger partial charge on any atom is 0.119 e. The van der Waals surface area contributed by atoms with E-state index in [1.807, 2.05) is 31.2 Å². The van der Waals surface area contributed by atoms with Gasteiger partial charge in [0.25, 0.3) is 0 Å². The summed E-state index contributed by atoms with van der Waals surface area (Å²) in [7, 11) is 0. The van der Waals surface area contributed by atoms with Crippen molar-refractivity contribution in [3.8, 4) is 11.5 Å². The largest absolute Gasteiger partial charge is 0.508 e. The summed E-state index contributed by atoms with van der Waals surface area (Å²) in [5.41, 5.74) is 2.50. The van der Waals surface area contributed by atoms with E-state index in [0.717, 1.165) is 18.6 Å². The Morgan fingerprint density at radius 2 is 1.67 bits per heavy atom. The molecule has 2 aromatic rings. The third-order valence-corrected chi connectivity index (χ3v) is 2.85. The SMILES string of the molecule is CCOc1cccc(CCc2ccc(O)cc2)c1. The van der Waals surface area contributed by atoms with Crippen LogP contribution in [0.1, 0.15) is 18.1 Å². The monoisotopic (exact) mass is 242 g/mol. The highest BCUT2D eigenvalue weighted by Gasteiger charge is 1.98. The molecule has 94 valence electrons. The van der Waals surface area contributed by atoms with Crippen LogP contribution in [-0.2, 0) is 12.8 Å². The second-order valence-electron chi connectivity index (χ2n) is 4.25. The molecule has 2 heteroatoms. The van der Waals surface area contributed by atoms with Gasteiger partial charge in [0.1, 0.15) is 11.5 Å². The van der Waals surface area contributed by atoms with Gasteiger partial charge < -0.3 is 9.84 Å². The lowest BCUT2D eigenvalue weighted by atomic mass is 10.0. The molecule has 0 aromatic heterocycles. The Labute approximate surface area is 108 Å². The van der Waals surface area contributed by atoms with Crippen LogP contribution in [0.3, 0.4) is 0 Å². The summed E-state index contributed by atoms with van der Waals surface area (Å²) in [6.45, 7) is 2.69. The second-order valence-corrected chi connectivity index (χ2v) is 4.25. The van der Waals surface area contributed by atoms with E-state index in [0.29, 0.717) is 12.4 Å². The molecule has 0 amide bonds. The Morgan fingerprint density at radius 3 is 2.39 bits per heavy atom. The summed E-state index contributed by atoms with van der Waals surface area (Å²) < 4.78 is 5.48. The minimum Gasteiger partial charge on any atom is -0.508 e. The highest BCUT2D eigenvalue weighted by Crippen LogP contribution is 2.16. The Balaban J connectivity index is 1.97. The zero-order valence-electron chi connectivity index (χ0n) is 10.6. The molecular formula is C16H18O2.